The van der Waals surface area contributed by atoms with Crippen molar-refractivity contribution in [2.24, 2.45) is 0 Å². The third-order valence-electron chi connectivity index (χ3n) is 4.19. The van der Waals surface area contributed by atoms with Crippen LogP contribution in [0.4, 0.5) is 5.69 Å². The Bertz CT molecular complexity index is 878. The third kappa shape index (κ3) is 4.12. The molecule has 26 heavy (non-hydrogen) atoms. The number of hydrogen-bond donors (Lipinski definition) is 1. The summed E-state index contributed by atoms with van der Waals surface area (Å²) in [5, 5.41) is 6.90. The molecule has 0 saturated carbocycles. The van der Waals surface area contributed by atoms with Crippen molar-refractivity contribution in [3.63, 3.8) is 0 Å². The minimum Gasteiger partial charge on any atom is -0.337 e. The van der Waals surface area contributed by atoms with Gasteiger partial charge in [0.15, 0.2) is 0 Å². The lowest BCUT2D eigenvalue weighted by molar-refractivity contribution is -0.120. The van der Waals surface area contributed by atoms with E-state index < -0.39 is 0 Å². The Labute approximate surface area is 152 Å². The van der Waals surface area contributed by atoms with Gasteiger partial charge in [-0.25, -0.2) is 0 Å². The molecular weight excluding hydrogens is 330 g/mol. The van der Waals surface area contributed by atoms with Gasteiger partial charge in [0, 0.05) is 11.9 Å². The number of para-hydroxylation sites is 1. The number of likely N-dealkylation sites (N-methyl/N-ethyl adjacent to an activating group) is 1. The van der Waals surface area contributed by atoms with Gasteiger partial charge >= 0.3 is 0 Å². The van der Waals surface area contributed by atoms with Gasteiger partial charge in [-0.2, -0.15) is 4.98 Å². The molecule has 0 aliphatic rings. The van der Waals surface area contributed by atoms with Crippen molar-refractivity contribution in [1.29, 1.82) is 0 Å². The van der Waals surface area contributed by atoms with Crippen LogP contribution < -0.4 is 5.32 Å². The minimum atomic E-state index is -0.361. The van der Waals surface area contributed by atoms with E-state index in [4.69, 9.17) is 4.52 Å². The highest BCUT2D eigenvalue weighted by Crippen LogP contribution is 2.16. The van der Waals surface area contributed by atoms with E-state index in [0.29, 0.717) is 24.0 Å². The Hall–Kier alpha value is -3.06. The van der Waals surface area contributed by atoms with Crippen LogP contribution in [-0.4, -0.2) is 39.0 Å². The minimum absolute atomic E-state index is 0.0914. The Kier molecular flexibility index (Phi) is 5.38. The topological polar surface area (TPSA) is 84.2 Å². The number of rotatable bonds is 6. The maximum absolute atomic E-state index is 12.5. The molecule has 0 fully saturated rings. The Morgan fingerprint density at radius 1 is 1.23 bits per heavy atom. The second-order valence-corrected chi connectivity index (χ2v) is 6.12. The van der Waals surface area contributed by atoms with Gasteiger partial charge in [-0.3, -0.25) is 14.7 Å². The van der Waals surface area contributed by atoms with Crippen LogP contribution in [0.1, 0.15) is 18.4 Å². The quantitative estimate of drug-likeness (QED) is 0.735. The molecule has 0 spiro atoms. The normalized spacial score (nSPS) is 12.2. The first-order valence-corrected chi connectivity index (χ1v) is 8.35. The highest BCUT2D eigenvalue weighted by molar-refractivity contribution is 5.95. The molecule has 0 aliphatic heterocycles. The molecule has 0 aliphatic carbocycles. The molecule has 0 bridgehead atoms. The molecule has 7 heteroatoms. The molecule has 2 heterocycles. The SMILES string of the molecule is Cc1ccccc1NC(=O)[C@@H](C)N(C)Cc1nc(-c2ccccn2)no1. The summed E-state index contributed by atoms with van der Waals surface area (Å²) in [7, 11) is 1.84. The van der Waals surface area contributed by atoms with E-state index in [2.05, 4.69) is 20.4 Å². The van der Waals surface area contributed by atoms with Crippen molar-refractivity contribution in [2.45, 2.75) is 26.4 Å². The molecule has 0 radical (unpaired) electrons. The molecule has 0 saturated heterocycles. The van der Waals surface area contributed by atoms with E-state index in [1.54, 1.807) is 6.20 Å². The Morgan fingerprint density at radius 3 is 2.73 bits per heavy atom. The highest BCUT2D eigenvalue weighted by atomic mass is 16.5. The van der Waals surface area contributed by atoms with Crippen LogP contribution in [0.3, 0.4) is 0 Å². The standard InChI is InChI=1S/C19H21N5O2/c1-13-8-4-5-9-15(13)21-19(25)14(2)24(3)12-17-22-18(23-26-17)16-10-6-7-11-20-16/h4-11,14H,12H2,1-3H3,(H,21,25)/t14-/m1/s1. The lowest BCUT2D eigenvalue weighted by atomic mass is 10.2. The lowest BCUT2D eigenvalue weighted by Crippen LogP contribution is -2.39. The Morgan fingerprint density at radius 2 is 2.00 bits per heavy atom. The summed E-state index contributed by atoms with van der Waals surface area (Å²) in [5.74, 6) is 0.779. The summed E-state index contributed by atoms with van der Waals surface area (Å²) in [6, 6.07) is 12.8. The van der Waals surface area contributed by atoms with Crippen LogP contribution in [0.2, 0.25) is 0 Å². The number of nitrogens with zero attached hydrogens (tertiary/aromatic N) is 4. The number of nitrogens with one attached hydrogen (secondary N) is 1. The van der Waals surface area contributed by atoms with Crippen molar-refractivity contribution in [3.05, 3.63) is 60.1 Å². The van der Waals surface area contributed by atoms with E-state index in [0.717, 1.165) is 11.3 Å². The molecule has 7 nitrogen and oxygen atoms in total. The summed E-state index contributed by atoms with van der Waals surface area (Å²) in [4.78, 5) is 22.9. The molecule has 1 N–H and O–H groups in total. The molecule has 1 amide bonds. The summed E-state index contributed by atoms with van der Waals surface area (Å²) in [6.45, 7) is 4.16. The monoisotopic (exact) mass is 351 g/mol. The predicted molar refractivity (Wildman–Crippen MR) is 98.3 cm³/mol. The zero-order valence-corrected chi connectivity index (χ0v) is 15.0. The number of anilines is 1. The molecule has 1 atom stereocenters. The number of carbonyl (C=O) groups is 1. The van der Waals surface area contributed by atoms with Gasteiger partial charge < -0.3 is 9.84 Å². The van der Waals surface area contributed by atoms with Gasteiger partial charge in [0.05, 0.1) is 12.6 Å². The molecule has 3 rings (SSSR count). The van der Waals surface area contributed by atoms with Crippen molar-refractivity contribution in [2.75, 3.05) is 12.4 Å². The van der Waals surface area contributed by atoms with Crippen molar-refractivity contribution < 1.29 is 9.32 Å². The van der Waals surface area contributed by atoms with Gasteiger partial charge in [-0.15, -0.1) is 0 Å². The average Bonchev–Trinajstić information content (AvgIpc) is 3.12. The number of aryl methyl sites for hydroxylation is 1. The largest absolute Gasteiger partial charge is 0.337 e. The first-order chi connectivity index (χ1) is 12.5. The lowest BCUT2D eigenvalue weighted by Gasteiger charge is -2.22. The first kappa shape index (κ1) is 17.8. The number of aromatic nitrogens is 3. The fourth-order valence-electron chi connectivity index (χ4n) is 2.42. The average molecular weight is 351 g/mol. The zero-order valence-electron chi connectivity index (χ0n) is 15.0. The van der Waals surface area contributed by atoms with Gasteiger partial charge in [-0.1, -0.05) is 29.4 Å². The van der Waals surface area contributed by atoms with Crippen LogP contribution in [0, 0.1) is 6.92 Å². The van der Waals surface area contributed by atoms with E-state index in [1.807, 2.05) is 68.3 Å². The van der Waals surface area contributed by atoms with Crippen molar-refractivity contribution in [1.82, 2.24) is 20.0 Å². The summed E-state index contributed by atoms with van der Waals surface area (Å²) in [6.07, 6.45) is 1.68. The fraction of sp³-hybridized carbons (Fsp3) is 0.263. The fourth-order valence-corrected chi connectivity index (χ4v) is 2.42. The van der Waals surface area contributed by atoms with E-state index >= 15 is 0 Å². The van der Waals surface area contributed by atoms with Gasteiger partial charge in [0.25, 0.3) is 0 Å². The molecule has 0 unspecified atom stereocenters. The number of amides is 1. The Balaban J connectivity index is 1.62. The number of hydrogen-bond acceptors (Lipinski definition) is 6. The molecule has 3 aromatic rings. The van der Waals surface area contributed by atoms with E-state index in [9.17, 15) is 4.79 Å². The van der Waals surface area contributed by atoms with E-state index in [1.165, 1.54) is 0 Å². The number of carbonyl (C=O) groups excluding carboxylic acids is 1. The maximum atomic E-state index is 12.5. The highest BCUT2D eigenvalue weighted by Gasteiger charge is 2.21. The maximum Gasteiger partial charge on any atom is 0.241 e. The molecular formula is C19H21N5O2. The third-order valence-corrected chi connectivity index (χ3v) is 4.19. The van der Waals surface area contributed by atoms with Gasteiger partial charge in [-0.05, 0) is 44.7 Å². The molecule has 2 aromatic heterocycles. The zero-order chi connectivity index (χ0) is 18.5. The van der Waals surface area contributed by atoms with Crippen LogP contribution >= 0.6 is 0 Å². The van der Waals surface area contributed by atoms with Crippen molar-refractivity contribution >= 4 is 11.6 Å². The first-order valence-electron chi connectivity index (χ1n) is 8.35. The van der Waals surface area contributed by atoms with Crippen LogP contribution in [0.5, 0.6) is 0 Å². The van der Waals surface area contributed by atoms with Crippen LogP contribution in [-0.2, 0) is 11.3 Å². The van der Waals surface area contributed by atoms with E-state index in [-0.39, 0.29) is 11.9 Å². The number of benzene rings is 1. The predicted octanol–water partition coefficient (Wildman–Crippen LogP) is 2.90. The van der Waals surface area contributed by atoms with Crippen LogP contribution in [0.15, 0.2) is 53.2 Å². The second-order valence-electron chi connectivity index (χ2n) is 6.12. The second kappa shape index (κ2) is 7.88. The van der Waals surface area contributed by atoms with Gasteiger partial charge in [0.1, 0.15) is 5.69 Å². The van der Waals surface area contributed by atoms with Gasteiger partial charge in [0.2, 0.25) is 17.6 Å². The van der Waals surface area contributed by atoms with Crippen LogP contribution in [0.25, 0.3) is 11.5 Å². The molecule has 1 aromatic carbocycles. The van der Waals surface area contributed by atoms with Crippen molar-refractivity contribution in [3.8, 4) is 11.5 Å². The summed E-state index contributed by atoms with van der Waals surface area (Å²) < 4.78 is 5.28. The summed E-state index contributed by atoms with van der Waals surface area (Å²) >= 11 is 0. The molecule has 134 valence electrons. The smallest absolute Gasteiger partial charge is 0.241 e. The summed E-state index contributed by atoms with van der Waals surface area (Å²) in [5.41, 5.74) is 2.48. The number of pyridine rings is 1.